The molecule has 1 saturated heterocycles. The maximum absolute atomic E-state index is 12.4. The number of hydrogen-bond acceptors (Lipinski definition) is 5. The van der Waals surface area contributed by atoms with Gasteiger partial charge in [0.15, 0.2) is 5.15 Å². The lowest BCUT2D eigenvalue weighted by Gasteiger charge is -2.32. The van der Waals surface area contributed by atoms with E-state index in [1.807, 2.05) is 40.9 Å². The highest BCUT2D eigenvalue weighted by Crippen LogP contribution is 2.24. The normalized spacial score (nSPS) is 14.9. The summed E-state index contributed by atoms with van der Waals surface area (Å²) in [5.41, 5.74) is 7.70. The molecule has 0 aromatic carbocycles. The minimum absolute atomic E-state index is 0.0836. The van der Waals surface area contributed by atoms with Gasteiger partial charge in [0.25, 0.3) is 0 Å². The smallest absolute Gasteiger partial charge is 0.244 e. The van der Waals surface area contributed by atoms with Crippen molar-refractivity contribution in [1.29, 1.82) is 0 Å². The van der Waals surface area contributed by atoms with Gasteiger partial charge in [-0.1, -0.05) is 23.7 Å². The average Bonchev–Trinajstić information content (AvgIpc) is 3.11. The zero-order valence-electron chi connectivity index (χ0n) is 16.9. The van der Waals surface area contributed by atoms with Gasteiger partial charge in [-0.2, -0.15) is 0 Å². The number of primary amides is 1. The van der Waals surface area contributed by atoms with Crippen molar-refractivity contribution < 1.29 is 9.59 Å². The molecule has 3 N–H and O–H groups in total. The summed E-state index contributed by atoms with van der Waals surface area (Å²) in [5.74, 6) is 0.245. The van der Waals surface area contributed by atoms with Gasteiger partial charge in [-0.3, -0.25) is 14.0 Å². The van der Waals surface area contributed by atoms with Crippen molar-refractivity contribution in [3.63, 3.8) is 0 Å². The zero-order chi connectivity index (χ0) is 21.8. The summed E-state index contributed by atoms with van der Waals surface area (Å²) >= 11 is 6.20. The summed E-state index contributed by atoms with van der Waals surface area (Å²) in [6.45, 7) is 1.75. The number of aromatic nitrogens is 3. The van der Waals surface area contributed by atoms with Crippen LogP contribution in [0.4, 0.5) is 5.82 Å². The van der Waals surface area contributed by atoms with Crippen LogP contribution in [-0.2, 0) is 16.1 Å². The van der Waals surface area contributed by atoms with E-state index in [0.29, 0.717) is 49.0 Å². The van der Waals surface area contributed by atoms with Crippen LogP contribution < -0.4 is 16.0 Å². The molecule has 0 radical (unpaired) electrons. The second-order valence-corrected chi connectivity index (χ2v) is 7.78. The number of carbonyl (C=O) groups is 2. The van der Waals surface area contributed by atoms with Gasteiger partial charge in [0.2, 0.25) is 11.8 Å². The topological polar surface area (TPSA) is 106 Å². The third-order valence-corrected chi connectivity index (χ3v) is 5.71. The number of nitrogens with one attached hydrogen (secondary N) is 1. The third kappa shape index (κ3) is 4.69. The predicted octanol–water partition coefficient (Wildman–Crippen LogP) is 2.41. The Hall–Kier alpha value is -3.39. The van der Waals surface area contributed by atoms with Gasteiger partial charge < -0.3 is 16.0 Å². The fourth-order valence-corrected chi connectivity index (χ4v) is 4.00. The lowest BCUT2D eigenvalue weighted by Crippen LogP contribution is -2.39. The first-order valence-electron chi connectivity index (χ1n) is 10.1. The van der Waals surface area contributed by atoms with Gasteiger partial charge >= 0.3 is 0 Å². The van der Waals surface area contributed by atoms with Crippen LogP contribution in [0.15, 0.2) is 48.8 Å². The van der Waals surface area contributed by atoms with E-state index >= 15 is 0 Å². The lowest BCUT2D eigenvalue weighted by molar-refractivity contribution is -0.122. The Balaban J connectivity index is 1.40. The Labute approximate surface area is 184 Å². The summed E-state index contributed by atoms with van der Waals surface area (Å²) < 4.78 is 1.82. The highest BCUT2D eigenvalue weighted by atomic mass is 35.5. The summed E-state index contributed by atoms with van der Waals surface area (Å²) in [7, 11) is 0. The molecule has 160 valence electrons. The number of nitrogens with two attached hydrogens (primary N) is 1. The van der Waals surface area contributed by atoms with Crippen LogP contribution in [0, 0.1) is 5.92 Å². The maximum Gasteiger partial charge on any atom is 0.244 e. The number of pyridine rings is 2. The zero-order valence-corrected chi connectivity index (χ0v) is 17.6. The van der Waals surface area contributed by atoms with E-state index in [9.17, 15) is 9.59 Å². The second-order valence-electron chi connectivity index (χ2n) is 7.42. The van der Waals surface area contributed by atoms with E-state index in [1.165, 1.54) is 6.08 Å². The Morgan fingerprint density at radius 2 is 2.03 bits per heavy atom. The van der Waals surface area contributed by atoms with E-state index in [1.54, 1.807) is 12.3 Å². The van der Waals surface area contributed by atoms with E-state index in [-0.39, 0.29) is 17.7 Å². The fraction of sp³-hybridized carbons (Fsp3) is 0.273. The summed E-state index contributed by atoms with van der Waals surface area (Å²) in [4.78, 5) is 34.7. The molecule has 0 saturated carbocycles. The molecular weight excluding hydrogens is 416 g/mol. The molecule has 0 spiro atoms. The Morgan fingerprint density at radius 1 is 1.23 bits per heavy atom. The molecule has 0 unspecified atom stereocenters. The van der Waals surface area contributed by atoms with Crippen molar-refractivity contribution in [2.24, 2.45) is 11.7 Å². The molecule has 1 aliphatic heterocycles. The molecule has 3 aromatic rings. The number of hydrogen-bond donors (Lipinski definition) is 2. The second kappa shape index (κ2) is 9.18. The molecule has 1 aliphatic rings. The van der Waals surface area contributed by atoms with Crippen LogP contribution in [0.1, 0.15) is 24.1 Å². The number of amides is 2. The predicted molar refractivity (Wildman–Crippen MR) is 119 cm³/mol. The number of piperidine rings is 1. The molecular formula is C22H23ClN6O2. The minimum Gasteiger partial charge on any atom is -0.369 e. The molecule has 8 nitrogen and oxygen atoms in total. The lowest BCUT2D eigenvalue weighted by atomic mass is 9.96. The Bertz CT molecular complexity index is 1130. The van der Waals surface area contributed by atoms with E-state index in [2.05, 4.69) is 20.2 Å². The fourth-order valence-electron chi connectivity index (χ4n) is 3.76. The van der Waals surface area contributed by atoms with Crippen molar-refractivity contribution >= 4 is 41.0 Å². The van der Waals surface area contributed by atoms with Crippen LogP contribution in [0.25, 0.3) is 11.7 Å². The number of anilines is 1. The molecule has 9 heteroatoms. The van der Waals surface area contributed by atoms with Crippen LogP contribution in [-0.4, -0.2) is 39.3 Å². The molecule has 0 aliphatic carbocycles. The van der Waals surface area contributed by atoms with Crippen molar-refractivity contribution in [2.75, 3.05) is 18.0 Å². The Morgan fingerprint density at radius 3 is 2.81 bits per heavy atom. The van der Waals surface area contributed by atoms with Gasteiger partial charge in [-0.05, 0) is 37.1 Å². The van der Waals surface area contributed by atoms with Crippen molar-refractivity contribution in [1.82, 2.24) is 19.7 Å². The first-order chi connectivity index (χ1) is 15.0. The highest BCUT2D eigenvalue weighted by molar-refractivity contribution is 6.31. The van der Waals surface area contributed by atoms with E-state index in [4.69, 9.17) is 17.3 Å². The number of halogens is 1. The monoisotopic (exact) mass is 438 g/mol. The highest BCUT2D eigenvalue weighted by Gasteiger charge is 2.25. The molecule has 1 fully saturated rings. The quantitative estimate of drug-likeness (QED) is 0.575. The molecule has 2 amide bonds. The number of imidazole rings is 1. The van der Waals surface area contributed by atoms with E-state index in [0.717, 1.165) is 11.4 Å². The molecule has 0 bridgehead atoms. The standard InChI is InChI=1S/C22H23ClN6O2/c23-20-17(29-11-2-1-5-18(29)27-20)6-7-19(30)26-14-16-4-3-10-25-22(16)28-12-8-15(9-13-28)21(24)31/h1-7,10-11,15H,8-9,12-14H2,(H2,24,31)(H,26,30). The van der Waals surface area contributed by atoms with Gasteiger partial charge in [-0.25, -0.2) is 9.97 Å². The van der Waals surface area contributed by atoms with Gasteiger partial charge in [0, 0.05) is 49.6 Å². The van der Waals surface area contributed by atoms with Crippen LogP contribution >= 0.6 is 11.6 Å². The number of fused-ring (bicyclic) bond motifs is 1. The number of carbonyl (C=O) groups excluding carboxylic acids is 2. The molecule has 4 rings (SSSR count). The molecule has 31 heavy (non-hydrogen) atoms. The number of nitrogens with zero attached hydrogens (tertiary/aromatic N) is 4. The summed E-state index contributed by atoms with van der Waals surface area (Å²) in [6, 6.07) is 9.38. The van der Waals surface area contributed by atoms with Crippen molar-refractivity contribution in [3.8, 4) is 0 Å². The van der Waals surface area contributed by atoms with Gasteiger partial charge in [0.05, 0.1) is 5.69 Å². The first-order valence-corrected chi connectivity index (χ1v) is 10.5. The Kier molecular flexibility index (Phi) is 6.18. The molecule has 3 aromatic heterocycles. The SMILES string of the molecule is NC(=O)C1CCN(c2ncccc2CNC(=O)C=Cc2c(Cl)nc3ccccn23)CC1. The largest absolute Gasteiger partial charge is 0.369 e. The van der Waals surface area contributed by atoms with Gasteiger partial charge in [-0.15, -0.1) is 0 Å². The molecule has 4 heterocycles. The van der Waals surface area contributed by atoms with Crippen molar-refractivity contribution in [3.05, 3.63) is 65.2 Å². The van der Waals surface area contributed by atoms with Crippen LogP contribution in [0.3, 0.4) is 0 Å². The average molecular weight is 439 g/mol. The third-order valence-electron chi connectivity index (χ3n) is 5.43. The van der Waals surface area contributed by atoms with Crippen LogP contribution in [0.5, 0.6) is 0 Å². The minimum atomic E-state index is -0.246. The van der Waals surface area contributed by atoms with Gasteiger partial charge in [0.1, 0.15) is 11.5 Å². The maximum atomic E-state index is 12.4. The van der Waals surface area contributed by atoms with E-state index < -0.39 is 0 Å². The molecule has 0 atom stereocenters. The number of rotatable bonds is 6. The first kappa shape index (κ1) is 20.9. The summed E-state index contributed by atoms with van der Waals surface area (Å²) in [6.07, 6.45) is 8.08. The van der Waals surface area contributed by atoms with Crippen molar-refractivity contribution in [2.45, 2.75) is 19.4 Å². The summed E-state index contributed by atoms with van der Waals surface area (Å²) in [5, 5.41) is 3.23. The van der Waals surface area contributed by atoms with Crippen LogP contribution in [0.2, 0.25) is 5.15 Å².